The number of fused-ring (bicyclic) bond motifs is 3. The van der Waals surface area contributed by atoms with Gasteiger partial charge in [-0.25, -0.2) is 4.68 Å². The Labute approximate surface area is 213 Å². The van der Waals surface area contributed by atoms with Crippen LogP contribution in [-0.2, 0) is 11.3 Å². The molecule has 1 unspecified atom stereocenters. The first-order valence-corrected chi connectivity index (χ1v) is 13.1. The predicted octanol–water partition coefficient (Wildman–Crippen LogP) is 5.89. The van der Waals surface area contributed by atoms with Crippen LogP contribution >= 0.6 is 0 Å². The Bertz CT molecular complexity index is 1240. The first-order valence-electron chi connectivity index (χ1n) is 13.1. The molecule has 0 saturated carbocycles. The summed E-state index contributed by atoms with van der Waals surface area (Å²) in [6, 6.07) is 10.6. The Morgan fingerprint density at radius 2 is 1.81 bits per heavy atom. The van der Waals surface area contributed by atoms with Gasteiger partial charge in [0.2, 0.25) is 11.8 Å². The molecule has 3 aliphatic rings. The SMILES string of the molecule is CC1(C)CC(Oc2ccc3c(n2)OCc2cc(-c4cnn(C5CCCCO5)c4)ccc2-3)CC(C)(C)N1. The van der Waals surface area contributed by atoms with Gasteiger partial charge in [0.1, 0.15) is 18.9 Å². The molecular weight excluding hydrogens is 452 g/mol. The molecule has 7 nitrogen and oxygen atoms in total. The molecular formula is C29H36N4O3. The minimum Gasteiger partial charge on any atom is -0.474 e. The van der Waals surface area contributed by atoms with Gasteiger partial charge in [0.05, 0.1) is 6.20 Å². The summed E-state index contributed by atoms with van der Waals surface area (Å²) in [6.07, 6.45) is 9.37. The highest BCUT2D eigenvalue weighted by Crippen LogP contribution is 2.40. The molecule has 0 amide bonds. The normalized spacial score (nSPS) is 22.8. The lowest BCUT2D eigenvalue weighted by atomic mass is 9.81. The van der Waals surface area contributed by atoms with Crippen molar-refractivity contribution in [3.63, 3.8) is 0 Å². The van der Waals surface area contributed by atoms with E-state index in [4.69, 9.17) is 19.2 Å². The maximum absolute atomic E-state index is 6.36. The molecule has 0 radical (unpaired) electrons. The maximum Gasteiger partial charge on any atom is 0.225 e. The summed E-state index contributed by atoms with van der Waals surface area (Å²) in [7, 11) is 0. The molecule has 1 atom stereocenters. The van der Waals surface area contributed by atoms with Crippen molar-refractivity contribution in [2.75, 3.05) is 6.61 Å². The fourth-order valence-electron chi connectivity index (χ4n) is 6.17. The predicted molar refractivity (Wildman–Crippen MR) is 139 cm³/mol. The second-order valence-corrected chi connectivity index (χ2v) is 11.7. The lowest BCUT2D eigenvalue weighted by Gasteiger charge is -2.46. The summed E-state index contributed by atoms with van der Waals surface area (Å²) in [5.41, 5.74) is 5.58. The van der Waals surface area contributed by atoms with E-state index in [1.54, 1.807) is 0 Å². The highest BCUT2D eigenvalue weighted by Gasteiger charge is 2.39. The average molecular weight is 489 g/mol. The van der Waals surface area contributed by atoms with Gasteiger partial charge in [-0.3, -0.25) is 0 Å². The van der Waals surface area contributed by atoms with Gasteiger partial charge in [-0.05, 0) is 75.8 Å². The molecule has 1 N–H and O–H groups in total. The van der Waals surface area contributed by atoms with E-state index in [0.29, 0.717) is 18.4 Å². The second kappa shape index (κ2) is 8.89. The van der Waals surface area contributed by atoms with Crippen molar-refractivity contribution in [3.05, 3.63) is 48.3 Å². The van der Waals surface area contributed by atoms with Gasteiger partial charge in [0.15, 0.2) is 0 Å². The van der Waals surface area contributed by atoms with E-state index in [0.717, 1.165) is 60.1 Å². The van der Waals surface area contributed by atoms with Crippen LogP contribution in [0.3, 0.4) is 0 Å². The molecule has 7 heteroatoms. The summed E-state index contributed by atoms with van der Waals surface area (Å²) in [5, 5.41) is 8.28. The number of ether oxygens (including phenoxy) is 3. The van der Waals surface area contributed by atoms with Gasteiger partial charge >= 0.3 is 0 Å². The van der Waals surface area contributed by atoms with Crippen LogP contribution in [0, 0.1) is 0 Å². The van der Waals surface area contributed by atoms with Gasteiger partial charge < -0.3 is 19.5 Å². The fraction of sp³-hybridized carbons (Fsp3) is 0.517. The summed E-state index contributed by atoms with van der Waals surface area (Å²) in [4.78, 5) is 4.75. The Hall–Kier alpha value is -2.90. The van der Waals surface area contributed by atoms with Crippen molar-refractivity contribution in [2.45, 2.75) is 89.8 Å². The molecule has 1 aromatic carbocycles. The molecule has 6 rings (SSSR count). The lowest BCUT2D eigenvalue weighted by Crippen LogP contribution is -2.60. The number of pyridine rings is 1. The van der Waals surface area contributed by atoms with Crippen LogP contribution in [0.5, 0.6) is 11.8 Å². The van der Waals surface area contributed by atoms with Crippen molar-refractivity contribution in [2.24, 2.45) is 0 Å². The fourth-order valence-corrected chi connectivity index (χ4v) is 6.17. The quantitative estimate of drug-likeness (QED) is 0.494. The number of aromatic nitrogens is 3. The average Bonchev–Trinajstić information content (AvgIpc) is 3.32. The summed E-state index contributed by atoms with van der Waals surface area (Å²) >= 11 is 0. The Kier molecular flexibility index (Phi) is 5.80. The third-order valence-corrected chi connectivity index (χ3v) is 7.42. The van der Waals surface area contributed by atoms with Crippen LogP contribution < -0.4 is 14.8 Å². The van der Waals surface area contributed by atoms with E-state index in [-0.39, 0.29) is 23.4 Å². The monoisotopic (exact) mass is 488 g/mol. The van der Waals surface area contributed by atoms with Gasteiger partial charge in [0, 0.05) is 53.9 Å². The van der Waals surface area contributed by atoms with Crippen molar-refractivity contribution in [3.8, 4) is 34.0 Å². The maximum atomic E-state index is 6.36. The molecule has 5 heterocycles. The number of hydrogen-bond donors (Lipinski definition) is 1. The number of rotatable bonds is 4. The van der Waals surface area contributed by atoms with Gasteiger partial charge in [0.25, 0.3) is 0 Å². The third kappa shape index (κ3) is 4.74. The number of nitrogens with one attached hydrogen (secondary N) is 1. The van der Waals surface area contributed by atoms with Gasteiger partial charge in [-0.15, -0.1) is 0 Å². The van der Waals surface area contributed by atoms with Crippen LogP contribution in [0.15, 0.2) is 42.7 Å². The molecule has 3 aromatic rings. The minimum atomic E-state index is 0.0215. The lowest BCUT2D eigenvalue weighted by molar-refractivity contribution is -0.0394. The van der Waals surface area contributed by atoms with Crippen molar-refractivity contribution in [1.82, 2.24) is 20.1 Å². The third-order valence-electron chi connectivity index (χ3n) is 7.42. The zero-order chi connectivity index (χ0) is 24.9. The van der Waals surface area contributed by atoms with Gasteiger partial charge in [-0.2, -0.15) is 10.1 Å². The molecule has 0 spiro atoms. The number of nitrogens with zero attached hydrogens (tertiary/aromatic N) is 3. The number of hydrogen-bond acceptors (Lipinski definition) is 6. The first kappa shape index (κ1) is 23.5. The summed E-state index contributed by atoms with van der Waals surface area (Å²) in [6.45, 7) is 10.2. The number of benzene rings is 1. The van der Waals surface area contributed by atoms with Crippen molar-refractivity contribution >= 4 is 0 Å². The highest BCUT2D eigenvalue weighted by molar-refractivity contribution is 5.77. The second-order valence-electron chi connectivity index (χ2n) is 11.7. The summed E-state index contributed by atoms with van der Waals surface area (Å²) < 4.78 is 20.3. The van der Waals surface area contributed by atoms with Crippen LogP contribution in [-0.4, -0.2) is 38.6 Å². The van der Waals surface area contributed by atoms with Crippen molar-refractivity contribution in [1.29, 1.82) is 0 Å². The van der Waals surface area contributed by atoms with Crippen LogP contribution in [0.4, 0.5) is 0 Å². The number of piperidine rings is 1. The molecule has 0 aliphatic carbocycles. The molecule has 2 aromatic heterocycles. The Morgan fingerprint density at radius 1 is 1.00 bits per heavy atom. The van der Waals surface area contributed by atoms with Gasteiger partial charge in [-0.1, -0.05) is 12.1 Å². The van der Waals surface area contributed by atoms with E-state index in [1.165, 1.54) is 6.42 Å². The standard InChI is InChI=1S/C29H36N4O3/c1-28(2)14-22(15-29(3,4)32-28)36-25-11-10-24-23-9-8-19(13-20(23)18-35-27(24)31-25)21-16-30-33(17-21)26-7-5-6-12-34-26/h8-11,13,16-17,22,26,32H,5-7,12,14-15,18H2,1-4H3. The zero-order valence-electron chi connectivity index (χ0n) is 21.7. The van der Waals surface area contributed by atoms with Crippen LogP contribution in [0.2, 0.25) is 0 Å². The van der Waals surface area contributed by atoms with Crippen molar-refractivity contribution < 1.29 is 14.2 Å². The van der Waals surface area contributed by atoms with E-state index < -0.39 is 0 Å². The molecule has 190 valence electrons. The topological polar surface area (TPSA) is 70.4 Å². The highest BCUT2D eigenvalue weighted by atomic mass is 16.5. The van der Waals surface area contributed by atoms with Crippen LogP contribution in [0.1, 0.15) is 71.6 Å². The van der Waals surface area contributed by atoms with E-state index >= 15 is 0 Å². The Balaban J connectivity index is 1.20. The van der Waals surface area contributed by atoms with E-state index in [1.807, 2.05) is 16.9 Å². The minimum absolute atomic E-state index is 0.0215. The smallest absolute Gasteiger partial charge is 0.225 e. The van der Waals surface area contributed by atoms with E-state index in [9.17, 15) is 0 Å². The largest absolute Gasteiger partial charge is 0.474 e. The molecule has 3 aliphatic heterocycles. The molecule has 2 saturated heterocycles. The Morgan fingerprint density at radius 3 is 2.58 bits per heavy atom. The molecule has 0 bridgehead atoms. The molecule has 2 fully saturated rings. The van der Waals surface area contributed by atoms with Crippen LogP contribution in [0.25, 0.3) is 22.3 Å². The van der Waals surface area contributed by atoms with E-state index in [2.05, 4.69) is 68.6 Å². The summed E-state index contributed by atoms with van der Waals surface area (Å²) in [5.74, 6) is 1.27. The molecule has 36 heavy (non-hydrogen) atoms. The zero-order valence-corrected chi connectivity index (χ0v) is 21.7. The first-order chi connectivity index (χ1) is 17.2.